The fourth-order valence-electron chi connectivity index (χ4n) is 2.64. The first-order valence-corrected chi connectivity index (χ1v) is 6.40. The van der Waals surface area contributed by atoms with Crippen LogP contribution < -0.4 is 0 Å². The van der Waals surface area contributed by atoms with Crippen LogP contribution >= 0.6 is 0 Å². The fraction of sp³-hybridized carbons (Fsp3) is 0.538. The molecule has 96 valence electrons. The van der Waals surface area contributed by atoms with E-state index in [2.05, 4.69) is 19.3 Å². The largest absolute Gasteiger partial charge is 0.393 e. The minimum atomic E-state index is -0.207. The maximum absolute atomic E-state index is 9.62. The molecule has 1 aliphatic rings. The average Bonchev–Trinajstić information content (AvgIpc) is 2.98. The van der Waals surface area contributed by atoms with Crippen molar-refractivity contribution in [2.45, 2.75) is 26.0 Å². The number of aromatic nitrogens is 3. The summed E-state index contributed by atoms with van der Waals surface area (Å²) in [7, 11) is 0. The van der Waals surface area contributed by atoms with Gasteiger partial charge in [-0.25, -0.2) is 4.98 Å². The summed E-state index contributed by atoms with van der Waals surface area (Å²) in [5.41, 5.74) is 2.07. The molecule has 18 heavy (non-hydrogen) atoms. The molecular weight excluding hydrogens is 228 g/mol. The molecule has 5 nitrogen and oxygen atoms in total. The van der Waals surface area contributed by atoms with Crippen molar-refractivity contribution in [3.63, 3.8) is 0 Å². The van der Waals surface area contributed by atoms with Gasteiger partial charge in [0.1, 0.15) is 0 Å². The second-order valence-corrected chi connectivity index (χ2v) is 5.08. The van der Waals surface area contributed by atoms with Crippen molar-refractivity contribution in [1.29, 1.82) is 0 Å². The molecule has 1 fully saturated rings. The number of hydrogen-bond donors (Lipinski definition) is 1. The van der Waals surface area contributed by atoms with Crippen LogP contribution in [0.3, 0.4) is 0 Å². The zero-order chi connectivity index (χ0) is 12.5. The maximum atomic E-state index is 9.62. The number of aliphatic hydroxyl groups excluding tert-OH is 1. The van der Waals surface area contributed by atoms with Crippen LogP contribution in [0.25, 0.3) is 5.65 Å². The Bertz CT molecular complexity index is 537. The van der Waals surface area contributed by atoms with E-state index in [1.807, 2.05) is 19.3 Å². The lowest BCUT2D eigenvalue weighted by Gasteiger charge is -2.16. The molecule has 0 spiro atoms. The molecular formula is C13H18N4O. The van der Waals surface area contributed by atoms with Gasteiger partial charge in [-0.2, -0.15) is 0 Å². The monoisotopic (exact) mass is 246 g/mol. The molecule has 3 rings (SSSR count). The Kier molecular flexibility index (Phi) is 3.01. The molecule has 5 heteroatoms. The van der Waals surface area contributed by atoms with E-state index in [0.717, 1.165) is 31.7 Å². The van der Waals surface area contributed by atoms with Gasteiger partial charge in [-0.3, -0.25) is 14.3 Å². The average molecular weight is 246 g/mol. The zero-order valence-electron chi connectivity index (χ0n) is 10.5. The van der Waals surface area contributed by atoms with Gasteiger partial charge < -0.3 is 5.11 Å². The van der Waals surface area contributed by atoms with Crippen LogP contribution in [-0.2, 0) is 6.54 Å². The summed E-state index contributed by atoms with van der Waals surface area (Å²) in [4.78, 5) is 10.8. The summed E-state index contributed by atoms with van der Waals surface area (Å²) in [6, 6.07) is 0. The van der Waals surface area contributed by atoms with Gasteiger partial charge >= 0.3 is 0 Å². The summed E-state index contributed by atoms with van der Waals surface area (Å²) in [5.74, 6) is 0.408. The van der Waals surface area contributed by atoms with Crippen LogP contribution in [-0.4, -0.2) is 43.6 Å². The first-order valence-electron chi connectivity index (χ1n) is 6.40. The molecule has 0 aromatic carbocycles. The van der Waals surface area contributed by atoms with E-state index in [4.69, 9.17) is 0 Å². The predicted molar refractivity (Wildman–Crippen MR) is 68.1 cm³/mol. The lowest BCUT2D eigenvalue weighted by Crippen LogP contribution is -2.24. The third kappa shape index (κ3) is 2.11. The second-order valence-electron chi connectivity index (χ2n) is 5.08. The lowest BCUT2D eigenvalue weighted by atomic mass is 10.0. The Labute approximate surface area is 106 Å². The summed E-state index contributed by atoms with van der Waals surface area (Å²) in [6.45, 7) is 4.78. The molecule has 1 aliphatic heterocycles. The molecule has 0 radical (unpaired) electrons. The van der Waals surface area contributed by atoms with Gasteiger partial charge in [0.15, 0.2) is 5.65 Å². The van der Waals surface area contributed by atoms with Crippen molar-refractivity contribution in [2.75, 3.05) is 13.1 Å². The summed E-state index contributed by atoms with van der Waals surface area (Å²) in [5, 5.41) is 9.62. The SMILES string of the molecule is CC(O)C1CCN(Cc2cnc3cnccn23)C1. The third-order valence-corrected chi connectivity index (χ3v) is 3.77. The summed E-state index contributed by atoms with van der Waals surface area (Å²) in [6.07, 6.45) is 8.27. The molecule has 2 atom stereocenters. The van der Waals surface area contributed by atoms with Gasteiger partial charge in [0.25, 0.3) is 0 Å². The summed E-state index contributed by atoms with van der Waals surface area (Å²) >= 11 is 0. The maximum Gasteiger partial charge on any atom is 0.155 e. The highest BCUT2D eigenvalue weighted by atomic mass is 16.3. The van der Waals surface area contributed by atoms with Crippen LogP contribution in [0.15, 0.2) is 24.8 Å². The number of nitrogens with zero attached hydrogens (tertiary/aromatic N) is 4. The third-order valence-electron chi connectivity index (χ3n) is 3.77. The molecule has 3 heterocycles. The normalized spacial score (nSPS) is 22.7. The Morgan fingerprint density at radius 3 is 3.17 bits per heavy atom. The van der Waals surface area contributed by atoms with E-state index in [1.165, 1.54) is 5.69 Å². The Balaban J connectivity index is 1.74. The molecule has 0 bridgehead atoms. The molecule has 0 amide bonds. The van der Waals surface area contributed by atoms with E-state index in [0.29, 0.717) is 5.92 Å². The number of fused-ring (bicyclic) bond motifs is 1. The van der Waals surface area contributed by atoms with Gasteiger partial charge in [-0.15, -0.1) is 0 Å². The van der Waals surface area contributed by atoms with Gasteiger partial charge in [0.2, 0.25) is 0 Å². The van der Waals surface area contributed by atoms with E-state index < -0.39 is 0 Å². The highest BCUT2D eigenvalue weighted by Crippen LogP contribution is 2.21. The molecule has 2 unspecified atom stereocenters. The van der Waals surface area contributed by atoms with Crippen LogP contribution in [0.4, 0.5) is 0 Å². The minimum Gasteiger partial charge on any atom is -0.393 e. The molecule has 0 aliphatic carbocycles. The number of likely N-dealkylation sites (tertiary alicyclic amines) is 1. The first kappa shape index (κ1) is 11.6. The van der Waals surface area contributed by atoms with Gasteiger partial charge in [-0.05, 0) is 25.8 Å². The van der Waals surface area contributed by atoms with Crippen LogP contribution in [0.5, 0.6) is 0 Å². The van der Waals surface area contributed by atoms with Gasteiger partial charge in [-0.1, -0.05) is 0 Å². The first-order chi connectivity index (χ1) is 8.74. The van der Waals surface area contributed by atoms with Gasteiger partial charge in [0.05, 0.1) is 24.2 Å². The van der Waals surface area contributed by atoms with E-state index in [1.54, 1.807) is 12.4 Å². The van der Waals surface area contributed by atoms with Crippen LogP contribution in [0.2, 0.25) is 0 Å². The number of rotatable bonds is 3. The van der Waals surface area contributed by atoms with Crippen molar-refractivity contribution in [3.05, 3.63) is 30.5 Å². The molecule has 1 N–H and O–H groups in total. The van der Waals surface area contributed by atoms with E-state index >= 15 is 0 Å². The molecule has 2 aromatic rings. The van der Waals surface area contributed by atoms with Crippen LogP contribution in [0.1, 0.15) is 19.0 Å². The topological polar surface area (TPSA) is 53.7 Å². The van der Waals surface area contributed by atoms with Gasteiger partial charge in [0, 0.05) is 25.5 Å². The standard InChI is InChI=1S/C13H18N4O/c1-10(18)11-2-4-16(8-11)9-12-6-15-13-7-14-3-5-17(12)13/h3,5-7,10-11,18H,2,4,8-9H2,1H3. The molecule has 1 saturated heterocycles. The highest BCUT2D eigenvalue weighted by Gasteiger charge is 2.26. The summed E-state index contributed by atoms with van der Waals surface area (Å²) < 4.78 is 2.07. The van der Waals surface area contributed by atoms with Crippen molar-refractivity contribution in [1.82, 2.24) is 19.3 Å². The van der Waals surface area contributed by atoms with Crippen LogP contribution in [0, 0.1) is 5.92 Å². The minimum absolute atomic E-state index is 0.207. The lowest BCUT2D eigenvalue weighted by molar-refractivity contribution is 0.127. The molecule has 0 saturated carbocycles. The predicted octanol–water partition coefficient (Wildman–Crippen LogP) is 0.932. The number of aliphatic hydroxyl groups is 1. The Hall–Kier alpha value is -1.46. The second kappa shape index (κ2) is 4.66. The molecule has 2 aromatic heterocycles. The van der Waals surface area contributed by atoms with Crippen molar-refractivity contribution in [2.24, 2.45) is 5.92 Å². The number of hydrogen-bond acceptors (Lipinski definition) is 4. The van der Waals surface area contributed by atoms with Crippen molar-refractivity contribution >= 4 is 5.65 Å². The van der Waals surface area contributed by atoms with Crippen molar-refractivity contribution < 1.29 is 5.11 Å². The smallest absolute Gasteiger partial charge is 0.155 e. The number of imidazole rings is 1. The Morgan fingerprint density at radius 2 is 2.39 bits per heavy atom. The van der Waals surface area contributed by atoms with Crippen molar-refractivity contribution in [3.8, 4) is 0 Å². The van der Waals surface area contributed by atoms with E-state index in [9.17, 15) is 5.11 Å². The quantitative estimate of drug-likeness (QED) is 0.875. The fourth-order valence-corrected chi connectivity index (χ4v) is 2.64. The Morgan fingerprint density at radius 1 is 1.50 bits per heavy atom. The zero-order valence-corrected chi connectivity index (χ0v) is 10.5. The highest BCUT2D eigenvalue weighted by molar-refractivity contribution is 5.36. The van der Waals surface area contributed by atoms with E-state index in [-0.39, 0.29) is 6.10 Å².